The SMILES string of the molecule is NCCN(C(=O)c1cn[nH]n1)C1CCC1. The van der Waals surface area contributed by atoms with Gasteiger partial charge in [0.15, 0.2) is 5.69 Å². The number of carbonyl (C=O) groups is 1. The first-order valence-electron chi connectivity index (χ1n) is 5.19. The van der Waals surface area contributed by atoms with Gasteiger partial charge in [0.1, 0.15) is 0 Å². The highest BCUT2D eigenvalue weighted by Gasteiger charge is 2.29. The number of aromatic nitrogens is 3. The van der Waals surface area contributed by atoms with Crippen molar-refractivity contribution < 1.29 is 4.79 Å². The van der Waals surface area contributed by atoms with Crippen LogP contribution in [0, 0.1) is 0 Å². The zero-order valence-corrected chi connectivity index (χ0v) is 8.52. The third-order valence-corrected chi connectivity index (χ3v) is 2.78. The molecule has 1 heterocycles. The van der Waals surface area contributed by atoms with Gasteiger partial charge in [-0.15, -0.1) is 0 Å². The summed E-state index contributed by atoms with van der Waals surface area (Å²) in [5, 5.41) is 9.87. The van der Waals surface area contributed by atoms with E-state index in [1.807, 2.05) is 0 Å². The van der Waals surface area contributed by atoms with E-state index >= 15 is 0 Å². The van der Waals surface area contributed by atoms with Crippen LogP contribution in [0.4, 0.5) is 0 Å². The molecule has 0 bridgehead atoms. The average molecular weight is 209 g/mol. The lowest BCUT2D eigenvalue weighted by Gasteiger charge is -2.36. The van der Waals surface area contributed by atoms with Gasteiger partial charge >= 0.3 is 0 Å². The Morgan fingerprint density at radius 3 is 2.93 bits per heavy atom. The molecule has 1 fully saturated rings. The van der Waals surface area contributed by atoms with Crippen LogP contribution in [0.25, 0.3) is 0 Å². The van der Waals surface area contributed by atoms with Gasteiger partial charge < -0.3 is 10.6 Å². The lowest BCUT2D eigenvalue weighted by Crippen LogP contribution is -2.46. The fraction of sp³-hybridized carbons (Fsp3) is 0.667. The Morgan fingerprint density at radius 1 is 1.67 bits per heavy atom. The van der Waals surface area contributed by atoms with Crippen LogP contribution in [0.5, 0.6) is 0 Å². The van der Waals surface area contributed by atoms with Crippen LogP contribution in [0.2, 0.25) is 0 Å². The van der Waals surface area contributed by atoms with Crippen molar-refractivity contribution in [1.29, 1.82) is 0 Å². The number of hydrogen-bond donors (Lipinski definition) is 2. The second kappa shape index (κ2) is 4.39. The van der Waals surface area contributed by atoms with Gasteiger partial charge in [0.25, 0.3) is 5.91 Å². The van der Waals surface area contributed by atoms with E-state index in [0.29, 0.717) is 24.8 Å². The van der Waals surface area contributed by atoms with Crippen molar-refractivity contribution >= 4 is 5.91 Å². The molecule has 0 atom stereocenters. The van der Waals surface area contributed by atoms with E-state index in [1.54, 1.807) is 4.90 Å². The van der Waals surface area contributed by atoms with Crippen molar-refractivity contribution in [2.75, 3.05) is 13.1 Å². The maximum atomic E-state index is 12.0. The van der Waals surface area contributed by atoms with Crippen LogP contribution in [0.1, 0.15) is 29.8 Å². The lowest BCUT2D eigenvalue weighted by molar-refractivity contribution is 0.0582. The third-order valence-electron chi connectivity index (χ3n) is 2.78. The minimum Gasteiger partial charge on any atom is -0.333 e. The van der Waals surface area contributed by atoms with Gasteiger partial charge in [-0.3, -0.25) is 4.79 Å². The Bertz CT molecular complexity index is 319. The molecule has 82 valence electrons. The molecule has 0 saturated heterocycles. The van der Waals surface area contributed by atoms with Crippen molar-refractivity contribution in [1.82, 2.24) is 20.3 Å². The summed E-state index contributed by atoms with van der Waals surface area (Å²) in [5.41, 5.74) is 5.87. The maximum absolute atomic E-state index is 12.0. The number of hydrogen-bond acceptors (Lipinski definition) is 4. The summed E-state index contributed by atoms with van der Waals surface area (Å²) in [6.45, 7) is 1.08. The molecule has 1 saturated carbocycles. The van der Waals surface area contributed by atoms with Gasteiger partial charge in [-0.2, -0.15) is 15.4 Å². The van der Waals surface area contributed by atoms with Gasteiger partial charge in [0, 0.05) is 19.1 Å². The fourth-order valence-electron chi connectivity index (χ4n) is 1.74. The smallest absolute Gasteiger partial charge is 0.276 e. The zero-order chi connectivity index (χ0) is 10.7. The van der Waals surface area contributed by atoms with Gasteiger partial charge in [0.05, 0.1) is 6.20 Å². The summed E-state index contributed by atoms with van der Waals surface area (Å²) in [5.74, 6) is -0.0705. The standard InChI is InChI=1S/C9H15N5O/c10-4-5-14(7-2-1-3-7)9(15)8-6-11-13-12-8/h6-7H,1-5,10H2,(H,11,12,13). The van der Waals surface area contributed by atoms with Crippen LogP contribution in [0.3, 0.4) is 0 Å². The first-order chi connectivity index (χ1) is 7.33. The summed E-state index contributed by atoms with van der Waals surface area (Å²) in [7, 11) is 0. The zero-order valence-electron chi connectivity index (χ0n) is 8.52. The van der Waals surface area contributed by atoms with E-state index in [2.05, 4.69) is 15.4 Å². The molecular weight excluding hydrogens is 194 g/mol. The topological polar surface area (TPSA) is 87.9 Å². The minimum atomic E-state index is -0.0705. The molecule has 15 heavy (non-hydrogen) atoms. The Kier molecular flexibility index (Phi) is 2.96. The summed E-state index contributed by atoms with van der Waals surface area (Å²) < 4.78 is 0. The second-order valence-electron chi connectivity index (χ2n) is 3.73. The molecule has 1 aromatic heterocycles. The van der Waals surface area contributed by atoms with Crippen LogP contribution in [0.15, 0.2) is 6.20 Å². The van der Waals surface area contributed by atoms with Crippen molar-refractivity contribution in [2.24, 2.45) is 5.73 Å². The van der Waals surface area contributed by atoms with Gasteiger partial charge in [0.2, 0.25) is 0 Å². The second-order valence-corrected chi connectivity index (χ2v) is 3.73. The molecular formula is C9H15N5O. The molecule has 0 aliphatic heterocycles. The van der Waals surface area contributed by atoms with Gasteiger partial charge in [-0.25, -0.2) is 0 Å². The number of rotatable bonds is 4. The fourth-order valence-corrected chi connectivity index (χ4v) is 1.74. The molecule has 1 aromatic rings. The molecule has 3 N–H and O–H groups in total. The molecule has 1 amide bonds. The first kappa shape index (κ1) is 10.1. The Labute approximate surface area is 87.8 Å². The van der Waals surface area contributed by atoms with Crippen LogP contribution in [-0.4, -0.2) is 45.3 Å². The van der Waals surface area contributed by atoms with E-state index in [4.69, 9.17) is 5.73 Å². The highest BCUT2D eigenvalue weighted by molar-refractivity contribution is 5.92. The molecule has 0 spiro atoms. The third kappa shape index (κ3) is 1.99. The van der Waals surface area contributed by atoms with Crippen LogP contribution < -0.4 is 5.73 Å². The highest BCUT2D eigenvalue weighted by Crippen LogP contribution is 2.25. The quantitative estimate of drug-likeness (QED) is 0.716. The Morgan fingerprint density at radius 2 is 2.47 bits per heavy atom. The van der Waals surface area contributed by atoms with Crippen molar-refractivity contribution in [3.05, 3.63) is 11.9 Å². The Balaban J connectivity index is 2.06. The number of nitrogens with two attached hydrogens (primary N) is 1. The average Bonchev–Trinajstić information content (AvgIpc) is 2.66. The van der Waals surface area contributed by atoms with E-state index in [9.17, 15) is 4.79 Å². The molecule has 1 aliphatic rings. The van der Waals surface area contributed by atoms with E-state index in [-0.39, 0.29) is 5.91 Å². The van der Waals surface area contributed by atoms with E-state index in [1.165, 1.54) is 12.6 Å². The summed E-state index contributed by atoms with van der Waals surface area (Å²) >= 11 is 0. The van der Waals surface area contributed by atoms with Gasteiger partial charge in [-0.05, 0) is 19.3 Å². The van der Waals surface area contributed by atoms with Crippen molar-refractivity contribution in [3.63, 3.8) is 0 Å². The summed E-state index contributed by atoms with van der Waals surface area (Å²) in [6.07, 6.45) is 4.79. The predicted octanol–water partition coefficient (Wildman–Crippen LogP) is -0.242. The molecule has 0 aromatic carbocycles. The van der Waals surface area contributed by atoms with Gasteiger partial charge in [-0.1, -0.05) is 0 Å². The first-order valence-corrected chi connectivity index (χ1v) is 5.19. The lowest BCUT2D eigenvalue weighted by atomic mass is 9.91. The summed E-state index contributed by atoms with van der Waals surface area (Å²) in [6, 6.07) is 0.345. The van der Waals surface area contributed by atoms with Crippen LogP contribution >= 0.6 is 0 Å². The Hall–Kier alpha value is -1.43. The molecule has 6 nitrogen and oxygen atoms in total. The number of amides is 1. The van der Waals surface area contributed by atoms with Crippen molar-refractivity contribution in [2.45, 2.75) is 25.3 Å². The number of nitrogens with one attached hydrogen (secondary N) is 1. The number of H-pyrrole nitrogens is 1. The molecule has 1 aliphatic carbocycles. The normalized spacial score (nSPS) is 16.1. The number of carbonyl (C=O) groups excluding carboxylic acids is 1. The highest BCUT2D eigenvalue weighted by atomic mass is 16.2. The largest absolute Gasteiger partial charge is 0.333 e. The van der Waals surface area contributed by atoms with Crippen molar-refractivity contribution in [3.8, 4) is 0 Å². The molecule has 2 rings (SSSR count). The number of aromatic amines is 1. The summed E-state index contributed by atoms with van der Waals surface area (Å²) in [4.78, 5) is 13.8. The minimum absolute atomic E-state index is 0.0705. The number of nitrogens with zero attached hydrogens (tertiary/aromatic N) is 3. The van der Waals surface area contributed by atoms with E-state index in [0.717, 1.165) is 12.8 Å². The molecule has 0 unspecified atom stereocenters. The monoisotopic (exact) mass is 209 g/mol. The van der Waals surface area contributed by atoms with Crippen LogP contribution in [-0.2, 0) is 0 Å². The van der Waals surface area contributed by atoms with E-state index < -0.39 is 0 Å². The molecule has 6 heteroatoms. The predicted molar refractivity (Wildman–Crippen MR) is 54.1 cm³/mol. The molecule has 0 radical (unpaired) electrons. The maximum Gasteiger partial charge on any atom is 0.276 e.